The summed E-state index contributed by atoms with van der Waals surface area (Å²) in [7, 11) is 0. The number of aromatic nitrogens is 2. The molecule has 172 valence electrons. The average molecular weight is 439 g/mol. The van der Waals surface area contributed by atoms with Crippen molar-refractivity contribution in [2.24, 2.45) is 0 Å². The second-order valence-corrected chi connectivity index (χ2v) is 9.61. The molecule has 1 spiro atoms. The van der Waals surface area contributed by atoms with Crippen LogP contribution in [0.2, 0.25) is 0 Å². The van der Waals surface area contributed by atoms with Gasteiger partial charge in [-0.3, -0.25) is 9.69 Å². The molecule has 2 aromatic rings. The number of carbonyl (C=O) groups is 1. The lowest BCUT2D eigenvalue weighted by Crippen LogP contribution is -2.55. The zero-order valence-corrected chi connectivity index (χ0v) is 19.2. The summed E-state index contributed by atoms with van der Waals surface area (Å²) in [5.74, 6) is 1.61. The second-order valence-electron chi connectivity index (χ2n) is 9.61. The molecule has 3 aliphatic rings. The standard InChI is InChI=1S/C25H34N4O3/c1-19(2)21-5-3-20(4-6-21)17-27-10-7-25(8-11-27)24-26-9-12-29(24)18-22(32-25)23(30)28-13-15-31-16-14-28/h3-6,9,12,19,22H,7-8,10-11,13-18H2,1-2H3/t22-/m0/s1. The van der Waals surface area contributed by atoms with Gasteiger partial charge < -0.3 is 18.9 Å². The molecule has 1 atom stereocenters. The van der Waals surface area contributed by atoms with Gasteiger partial charge in [-0.15, -0.1) is 0 Å². The number of ether oxygens (including phenoxy) is 2. The summed E-state index contributed by atoms with van der Waals surface area (Å²) in [5.41, 5.74) is 2.24. The highest BCUT2D eigenvalue weighted by molar-refractivity contribution is 5.81. The molecule has 3 aliphatic heterocycles. The van der Waals surface area contributed by atoms with Gasteiger partial charge in [-0.1, -0.05) is 38.1 Å². The number of morpholine rings is 1. The van der Waals surface area contributed by atoms with E-state index in [4.69, 9.17) is 9.47 Å². The fraction of sp³-hybridized carbons (Fsp3) is 0.600. The largest absolute Gasteiger partial charge is 0.378 e. The molecule has 1 aromatic carbocycles. The van der Waals surface area contributed by atoms with Gasteiger partial charge in [0.25, 0.3) is 5.91 Å². The van der Waals surface area contributed by atoms with E-state index < -0.39 is 11.7 Å². The quantitative estimate of drug-likeness (QED) is 0.735. The van der Waals surface area contributed by atoms with Gasteiger partial charge >= 0.3 is 0 Å². The van der Waals surface area contributed by atoms with Crippen LogP contribution in [0.15, 0.2) is 36.7 Å². The van der Waals surface area contributed by atoms with Crippen LogP contribution in [0.3, 0.4) is 0 Å². The van der Waals surface area contributed by atoms with E-state index in [-0.39, 0.29) is 5.91 Å². The first kappa shape index (κ1) is 21.6. The predicted molar refractivity (Wildman–Crippen MR) is 121 cm³/mol. The van der Waals surface area contributed by atoms with E-state index in [1.54, 1.807) is 0 Å². The fourth-order valence-corrected chi connectivity index (χ4v) is 5.19. The average Bonchev–Trinajstić information content (AvgIpc) is 3.31. The molecule has 7 heteroatoms. The van der Waals surface area contributed by atoms with E-state index in [1.165, 1.54) is 11.1 Å². The number of piperidine rings is 1. The third-order valence-corrected chi connectivity index (χ3v) is 7.17. The number of amides is 1. The number of likely N-dealkylation sites (tertiary alicyclic amines) is 1. The summed E-state index contributed by atoms with van der Waals surface area (Å²) < 4.78 is 14.2. The van der Waals surface area contributed by atoms with Crippen molar-refractivity contribution in [3.63, 3.8) is 0 Å². The van der Waals surface area contributed by atoms with Gasteiger partial charge in [0.15, 0.2) is 6.10 Å². The Bertz CT molecular complexity index is 925. The lowest BCUT2D eigenvalue weighted by molar-refractivity contribution is -0.183. The minimum absolute atomic E-state index is 0.0831. The first-order valence-corrected chi connectivity index (χ1v) is 11.9. The second kappa shape index (κ2) is 8.96. The topological polar surface area (TPSA) is 59.8 Å². The summed E-state index contributed by atoms with van der Waals surface area (Å²) >= 11 is 0. The van der Waals surface area contributed by atoms with Crippen LogP contribution in [0.25, 0.3) is 0 Å². The molecule has 32 heavy (non-hydrogen) atoms. The molecule has 0 radical (unpaired) electrons. The number of fused-ring (bicyclic) bond motifs is 2. The van der Waals surface area contributed by atoms with Crippen molar-refractivity contribution in [3.05, 3.63) is 53.6 Å². The summed E-state index contributed by atoms with van der Waals surface area (Å²) in [4.78, 5) is 22.2. The maximum Gasteiger partial charge on any atom is 0.253 e. The van der Waals surface area contributed by atoms with Gasteiger partial charge in [-0.05, 0) is 29.9 Å². The fourth-order valence-electron chi connectivity index (χ4n) is 5.19. The van der Waals surface area contributed by atoms with Crippen LogP contribution in [-0.4, -0.2) is 70.8 Å². The van der Waals surface area contributed by atoms with Gasteiger partial charge in [0.1, 0.15) is 11.4 Å². The summed E-state index contributed by atoms with van der Waals surface area (Å²) in [6, 6.07) is 8.99. The molecule has 2 fully saturated rings. The van der Waals surface area contributed by atoms with E-state index in [1.807, 2.05) is 17.3 Å². The Hall–Kier alpha value is -2.22. The molecule has 1 aromatic heterocycles. The molecule has 0 unspecified atom stereocenters. The predicted octanol–water partition coefficient (Wildman–Crippen LogP) is 2.76. The highest BCUT2D eigenvalue weighted by Crippen LogP contribution is 2.40. The molecule has 2 saturated heterocycles. The molecular formula is C25H34N4O3. The van der Waals surface area contributed by atoms with Crippen LogP contribution in [0, 0.1) is 0 Å². The van der Waals surface area contributed by atoms with Gasteiger partial charge in [-0.25, -0.2) is 4.98 Å². The number of rotatable bonds is 4. The Labute approximate surface area is 190 Å². The monoisotopic (exact) mass is 438 g/mol. The van der Waals surface area contributed by atoms with E-state index in [9.17, 15) is 4.79 Å². The third-order valence-electron chi connectivity index (χ3n) is 7.17. The zero-order chi connectivity index (χ0) is 22.1. The number of benzene rings is 1. The number of carbonyl (C=O) groups excluding carboxylic acids is 1. The van der Waals surface area contributed by atoms with Gasteiger partial charge in [0.05, 0.1) is 19.8 Å². The van der Waals surface area contributed by atoms with Crippen LogP contribution in [-0.2, 0) is 33.0 Å². The van der Waals surface area contributed by atoms with Crippen LogP contribution >= 0.6 is 0 Å². The van der Waals surface area contributed by atoms with Gasteiger partial charge in [-0.2, -0.15) is 0 Å². The first-order chi connectivity index (χ1) is 15.5. The highest BCUT2D eigenvalue weighted by atomic mass is 16.5. The van der Waals surface area contributed by atoms with Crippen molar-refractivity contribution in [2.75, 3.05) is 39.4 Å². The van der Waals surface area contributed by atoms with Gasteiger partial charge in [0.2, 0.25) is 0 Å². The summed E-state index contributed by atoms with van der Waals surface area (Å²) in [6.45, 7) is 10.3. The number of hydrogen-bond donors (Lipinski definition) is 0. The smallest absolute Gasteiger partial charge is 0.253 e. The van der Waals surface area contributed by atoms with Crippen LogP contribution in [0.5, 0.6) is 0 Å². The van der Waals surface area contributed by atoms with Crippen LogP contribution in [0.4, 0.5) is 0 Å². The molecule has 0 saturated carbocycles. The summed E-state index contributed by atoms with van der Waals surface area (Å²) in [5, 5.41) is 0. The molecule has 0 bridgehead atoms. The van der Waals surface area contributed by atoms with Crippen molar-refractivity contribution < 1.29 is 14.3 Å². The van der Waals surface area contributed by atoms with Crippen molar-refractivity contribution >= 4 is 5.91 Å². The van der Waals surface area contributed by atoms with E-state index in [2.05, 4.69) is 52.6 Å². The van der Waals surface area contributed by atoms with Gasteiger partial charge in [0, 0.05) is 45.1 Å². The third kappa shape index (κ3) is 4.21. The minimum Gasteiger partial charge on any atom is -0.378 e. The normalized spacial score (nSPS) is 23.5. The molecule has 0 N–H and O–H groups in total. The molecule has 1 amide bonds. The Kier molecular flexibility index (Phi) is 6.05. The molecular weight excluding hydrogens is 404 g/mol. The van der Waals surface area contributed by atoms with Crippen LogP contribution < -0.4 is 0 Å². The molecule has 5 rings (SSSR count). The minimum atomic E-state index is -0.480. The maximum absolute atomic E-state index is 13.2. The number of imidazole rings is 1. The summed E-state index contributed by atoms with van der Waals surface area (Å²) in [6.07, 6.45) is 5.07. The van der Waals surface area contributed by atoms with Crippen molar-refractivity contribution in [2.45, 2.75) is 57.4 Å². The van der Waals surface area contributed by atoms with E-state index in [0.717, 1.165) is 38.3 Å². The zero-order valence-electron chi connectivity index (χ0n) is 19.2. The number of hydrogen-bond acceptors (Lipinski definition) is 5. The Balaban J connectivity index is 1.27. The van der Waals surface area contributed by atoms with Crippen molar-refractivity contribution in [3.8, 4) is 0 Å². The van der Waals surface area contributed by atoms with Crippen molar-refractivity contribution in [1.29, 1.82) is 0 Å². The van der Waals surface area contributed by atoms with E-state index >= 15 is 0 Å². The molecule has 4 heterocycles. The lowest BCUT2D eigenvalue weighted by Gasteiger charge is -2.46. The Morgan fingerprint density at radius 3 is 2.53 bits per heavy atom. The highest BCUT2D eigenvalue weighted by Gasteiger charge is 2.47. The molecule has 7 nitrogen and oxygen atoms in total. The Morgan fingerprint density at radius 1 is 1.12 bits per heavy atom. The first-order valence-electron chi connectivity index (χ1n) is 11.9. The lowest BCUT2D eigenvalue weighted by atomic mass is 9.88. The van der Waals surface area contributed by atoms with E-state index in [0.29, 0.717) is 38.8 Å². The SMILES string of the molecule is CC(C)c1ccc(CN2CCC3(CC2)O[C@H](C(=O)N2CCOCC2)Cn2ccnc23)cc1. The maximum atomic E-state index is 13.2. The Morgan fingerprint density at radius 2 is 1.84 bits per heavy atom. The van der Waals surface area contributed by atoms with Crippen LogP contribution in [0.1, 0.15) is 49.6 Å². The van der Waals surface area contributed by atoms with Crippen molar-refractivity contribution in [1.82, 2.24) is 19.4 Å². The number of nitrogens with zero attached hydrogens (tertiary/aromatic N) is 4. The molecule has 0 aliphatic carbocycles.